The van der Waals surface area contributed by atoms with Gasteiger partial charge in [0.1, 0.15) is 0 Å². The van der Waals surface area contributed by atoms with Crippen molar-refractivity contribution in [3.05, 3.63) is 0 Å². The molecule has 122 valence electrons. The molecule has 1 aliphatic heterocycles. The molecule has 2 unspecified atom stereocenters. The van der Waals surface area contributed by atoms with Crippen molar-refractivity contribution in [3.8, 4) is 0 Å². The van der Waals surface area contributed by atoms with E-state index >= 15 is 0 Å². The number of rotatable bonds is 2. The van der Waals surface area contributed by atoms with Crippen molar-refractivity contribution in [2.45, 2.75) is 73.3 Å². The zero-order valence-corrected chi connectivity index (χ0v) is 15.0. The topological polar surface area (TPSA) is 54.5 Å². The van der Waals surface area contributed by atoms with Crippen LogP contribution in [0.5, 0.6) is 0 Å². The molecule has 1 aliphatic carbocycles. The van der Waals surface area contributed by atoms with E-state index < -0.39 is 15.4 Å². The fourth-order valence-corrected chi connectivity index (χ4v) is 7.06. The van der Waals surface area contributed by atoms with Gasteiger partial charge in [-0.25, -0.2) is 12.7 Å². The summed E-state index contributed by atoms with van der Waals surface area (Å²) in [5.74, 6) is -0.115. The zero-order chi connectivity index (χ0) is 16.3. The first-order chi connectivity index (χ1) is 9.39. The van der Waals surface area contributed by atoms with Gasteiger partial charge < -0.3 is 0 Å². The monoisotopic (exact) mass is 315 g/mol. The molecule has 1 amide bonds. The number of nitrogens with zero attached hydrogens (tertiary/aromatic N) is 1. The molecule has 1 heterocycles. The van der Waals surface area contributed by atoms with E-state index in [2.05, 4.69) is 20.8 Å². The molecule has 1 saturated heterocycles. The maximum absolute atomic E-state index is 12.7. The second kappa shape index (κ2) is 4.71. The molecule has 4 nitrogen and oxygen atoms in total. The summed E-state index contributed by atoms with van der Waals surface area (Å²) in [6.07, 6.45) is 3.61. The molecular weight excluding hydrogens is 286 g/mol. The Morgan fingerprint density at radius 3 is 2.33 bits per heavy atom. The number of amides is 1. The van der Waals surface area contributed by atoms with Crippen LogP contribution in [0.25, 0.3) is 0 Å². The summed E-state index contributed by atoms with van der Waals surface area (Å²) in [5.41, 5.74) is -0.975. The Morgan fingerprint density at radius 1 is 1.29 bits per heavy atom. The predicted molar refractivity (Wildman–Crippen MR) is 84.2 cm³/mol. The van der Waals surface area contributed by atoms with E-state index in [0.717, 1.165) is 25.7 Å². The van der Waals surface area contributed by atoms with Crippen molar-refractivity contribution >= 4 is 15.9 Å². The van der Waals surface area contributed by atoms with Gasteiger partial charge in [0, 0.05) is 10.8 Å². The maximum atomic E-state index is 12.7. The smallest absolute Gasteiger partial charge is 0.241 e. The summed E-state index contributed by atoms with van der Waals surface area (Å²) in [5, 5.41) is 0. The van der Waals surface area contributed by atoms with E-state index in [-0.39, 0.29) is 28.5 Å². The van der Waals surface area contributed by atoms with Crippen molar-refractivity contribution in [2.24, 2.45) is 16.2 Å². The lowest BCUT2D eigenvalue weighted by Crippen LogP contribution is -2.48. The van der Waals surface area contributed by atoms with Gasteiger partial charge in [-0.1, -0.05) is 48.0 Å². The van der Waals surface area contributed by atoms with Gasteiger partial charge in [-0.2, -0.15) is 0 Å². The Bertz CT molecular complexity index is 544. The van der Waals surface area contributed by atoms with E-state index in [9.17, 15) is 13.2 Å². The van der Waals surface area contributed by atoms with Crippen molar-refractivity contribution in [3.63, 3.8) is 0 Å². The van der Waals surface area contributed by atoms with Crippen LogP contribution >= 0.6 is 0 Å². The minimum absolute atomic E-state index is 0.0341. The van der Waals surface area contributed by atoms with Crippen LogP contribution in [0.15, 0.2) is 0 Å². The van der Waals surface area contributed by atoms with E-state index in [1.54, 1.807) is 20.8 Å². The molecule has 5 heteroatoms. The summed E-state index contributed by atoms with van der Waals surface area (Å²) in [6, 6.07) is -0.149. The van der Waals surface area contributed by atoms with Gasteiger partial charge in [-0.3, -0.25) is 4.79 Å². The average Bonchev–Trinajstić information content (AvgIpc) is 2.66. The van der Waals surface area contributed by atoms with Crippen molar-refractivity contribution in [1.82, 2.24) is 4.31 Å². The Labute approximate surface area is 129 Å². The number of hydrogen-bond acceptors (Lipinski definition) is 3. The van der Waals surface area contributed by atoms with Gasteiger partial charge in [-0.05, 0) is 24.7 Å². The van der Waals surface area contributed by atoms with E-state index in [4.69, 9.17) is 0 Å². The van der Waals surface area contributed by atoms with Crippen LogP contribution in [0.4, 0.5) is 0 Å². The van der Waals surface area contributed by atoms with Gasteiger partial charge in [0.05, 0.1) is 11.8 Å². The lowest BCUT2D eigenvalue weighted by atomic mass is 9.65. The molecule has 0 bridgehead atoms. The molecule has 0 N–H and O–H groups in total. The lowest BCUT2D eigenvalue weighted by molar-refractivity contribution is -0.137. The normalized spacial score (nSPS) is 34.0. The van der Waals surface area contributed by atoms with Crippen molar-refractivity contribution in [2.75, 3.05) is 5.75 Å². The van der Waals surface area contributed by atoms with Crippen LogP contribution in [0.1, 0.15) is 67.2 Å². The van der Waals surface area contributed by atoms with Crippen LogP contribution in [0.3, 0.4) is 0 Å². The first kappa shape index (κ1) is 16.8. The molecular formula is C16H29NO3S. The molecule has 0 radical (unpaired) electrons. The third-order valence-electron chi connectivity index (χ3n) is 5.59. The second-order valence-electron chi connectivity index (χ2n) is 8.45. The summed E-state index contributed by atoms with van der Waals surface area (Å²) in [4.78, 5) is 12.7. The summed E-state index contributed by atoms with van der Waals surface area (Å²) < 4.78 is 26.7. The number of carbonyl (C=O) groups excluding carboxylic acids is 1. The zero-order valence-electron chi connectivity index (χ0n) is 14.2. The second-order valence-corrected chi connectivity index (χ2v) is 10.3. The number of carbonyl (C=O) groups is 1. The van der Waals surface area contributed by atoms with Gasteiger partial charge in [0.25, 0.3) is 0 Å². The first-order valence-corrected chi connectivity index (χ1v) is 9.56. The largest absolute Gasteiger partial charge is 0.273 e. The van der Waals surface area contributed by atoms with Gasteiger partial charge in [-0.15, -0.1) is 0 Å². The third kappa shape index (κ3) is 2.32. The molecule has 1 saturated carbocycles. The van der Waals surface area contributed by atoms with Crippen LogP contribution in [0.2, 0.25) is 0 Å². The van der Waals surface area contributed by atoms with Crippen LogP contribution in [0, 0.1) is 16.2 Å². The molecule has 2 fully saturated rings. The standard InChI is InChI=1S/C16H29NO3S/c1-7-9-16-11-21(19,20)17(13(18)14(2,3)4)12(16)8-10-15(16,5)6/h12H,7-11H2,1-6H3. The Kier molecular flexibility index (Phi) is 3.76. The maximum Gasteiger partial charge on any atom is 0.241 e. The van der Waals surface area contributed by atoms with E-state index in [0.29, 0.717) is 0 Å². The van der Waals surface area contributed by atoms with Gasteiger partial charge in [0.15, 0.2) is 0 Å². The minimum atomic E-state index is -3.50. The Hall–Kier alpha value is -0.580. The van der Waals surface area contributed by atoms with Gasteiger partial charge in [0.2, 0.25) is 15.9 Å². The number of sulfonamides is 1. The van der Waals surface area contributed by atoms with Crippen LogP contribution in [-0.2, 0) is 14.8 Å². The summed E-state index contributed by atoms with van der Waals surface area (Å²) in [6.45, 7) is 11.8. The highest BCUT2D eigenvalue weighted by atomic mass is 32.2. The van der Waals surface area contributed by atoms with Crippen molar-refractivity contribution in [1.29, 1.82) is 0 Å². The molecule has 0 aromatic carbocycles. The molecule has 21 heavy (non-hydrogen) atoms. The average molecular weight is 315 g/mol. The third-order valence-corrected chi connectivity index (χ3v) is 7.49. The predicted octanol–water partition coefficient (Wildman–Crippen LogP) is 3.18. The molecule has 2 aliphatic rings. The molecule has 2 rings (SSSR count). The van der Waals surface area contributed by atoms with E-state index in [1.165, 1.54) is 4.31 Å². The lowest BCUT2D eigenvalue weighted by Gasteiger charge is -2.41. The highest BCUT2D eigenvalue weighted by Gasteiger charge is 2.66. The van der Waals surface area contributed by atoms with Gasteiger partial charge >= 0.3 is 0 Å². The van der Waals surface area contributed by atoms with Crippen LogP contribution < -0.4 is 0 Å². The SMILES string of the molecule is CCCC12CS(=O)(=O)N(C(=O)C(C)(C)C)C1CCC2(C)C. The quantitative estimate of drug-likeness (QED) is 0.786. The van der Waals surface area contributed by atoms with Crippen LogP contribution in [-0.4, -0.2) is 30.4 Å². The fraction of sp³-hybridized carbons (Fsp3) is 0.938. The fourth-order valence-electron chi connectivity index (χ4n) is 4.32. The van der Waals surface area contributed by atoms with Crippen molar-refractivity contribution < 1.29 is 13.2 Å². The minimum Gasteiger partial charge on any atom is -0.273 e. The molecule has 2 atom stereocenters. The summed E-state index contributed by atoms with van der Waals surface area (Å²) in [7, 11) is -3.50. The first-order valence-electron chi connectivity index (χ1n) is 7.96. The molecule has 0 spiro atoms. The Morgan fingerprint density at radius 2 is 1.86 bits per heavy atom. The van der Waals surface area contributed by atoms with E-state index in [1.807, 2.05) is 0 Å². The molecule has 0 aromatic heterocycles. The Balaban J connectivity index is 2.54. The molecule has 0 aromatic rings. The summed E-state index contributed by atoms with van der Waals surface area (Å²) >= 11 is 0. The highest BCUT2D eigenvalue weighted by molar-refractivity contribution is 7.90. The number of hydrogen-bond donors (Lipinski definition) is 0. The highest BCUT2D eigenvalue weighted by Crippen LogP contribution is 2.61. The number of fused-ring (bicyclic) bond motifs is 1.